The van der Waals surface area contributed by atoms with Gasteiger partial charge in [0, 0.05) is 39.7 Å². The number of alkyl halides is 3. The zero-order valence-corrected chi connectivity index (χ0v) is 21.7. The molecule has 4 aromatic rings. The van der Waals surface area contributed by atoms with Crippen molar-refractivity contribution >= 4 is 27.4 Å². The average Bonchev–Trinajstić information content (AvgIpc) is 3.30. The van der Waals surface area contributed by atoms with Crippen molar-refractivity contribution in [2.45, 2.75) is 18.3 Å². The number of fused-ring (bicyclic) bond motifs is 1. The molecule has 2 heterocycles. The number of halogens is 3. The van der Waals surface area contributed by atoms with E-state index in [0.717, 1.165) is 33.4 Å². The Bertz CT molecular complexity index is 1510. The fourth-order valence-corrected chi connectivity index (χ4v) is 5.32. The average molecular weight is 559 g/mol. The molecule has 12 heteroatoms. The summed E-state index contributed by atoms with van der Waals surface area (Å²) in [6, 6.07) is 15.3. The molecule has 0 saturated heterocycles. The maximum atomic E-state index is 13.9. The highest BCUT2D eigenvalue weighted by molar-refractivity contribution is 7.21. The van der Waals surface area contributed by atoms with Crippen molar-refractivity contribution < 1.29 is 32.5 Å². The minimum absolute atomic E-state index is 0.0375. The van der Waals surface area contributed by atoms with Crippen LogP contribution in [0.4, 0.5) is 13.2 Å². The lowest BCUT2D eigenvalue weighted by atomic mass is 9.90. The number of hydrazine groups is 1. The number of esters is 1. The predicted octanol–water partition coefficient (Wildman–Crippen LogP) is 4.68. The van der Waals surface area contributed by atoms with Crippen LogP contribution in [-0.4, -0.2) is 41.5 Å². The van der Waals surface area contributed by atoms with Gasteiger partial charge in [-0.3, -0.25) is 0 Å². The number of carbonyl (C=O) groups is 1. The molecular weight excluding hydrogens is 533 g/mol. The maximum Gasteiger partial charge on any atom is 0.427 e. The molecule has 0 amide bonds. The third kappa shape index (κ3) is 5.39. The molecule has 2 aromatic heterocycles. The van der Waals surface area contributed by atoms with Gasteiger partial charge in [-0.05, 0) is 23.3 Å². The molecule has 0 spiro atoms. The SMILES string of the molecule is COC(=O)c1sc2cc(CN(N)/C=C(\N)C(O)(c3ccccc3)C(F)(F)F)ccc2c1-c1ccc(OC)nc1. The smallest absolute Gasteiger partial charge is 0.427 e. The summed E-state index contributed by atoms with van der Waals surface area (Å²) in [7, 11) is 2.78. The van der Waals surface area contributed by atoms with Crippen molar-refractivity contribution in [1.82, 2.24) is 9.99 Å². The van der Waals surface area contributed by atoms with E-state index >= 15 is 0 Å². The molecule has 0 aliphatic heterocycles. The molecule has 0 saturated carbocycles. The Morgan fingerprint density at radius 1 is 1.13 bits per heavy atom. The number of hydrogen-bond donors (Lipinski definition) is 3. The molecule has 0 radical (unpaired) electrons. The minimum atomic E-state index is -5.09. The van der Waals surface area contributed by atoms with Gasteiger partial charge in [-0.1, -0.05) is 42.5 Å². The molecule has 0 bridgehead atoms. The second-order valence-corrected chi connectivity index (χ2v) is 9.60. The van der Waals surface area contributed by atoms with Crippen LogP contribution in [0.3, 0.4) is 0 Å². The first-order valence-corrected chi connectivity index (χ1v) is 12.3. The van der Waals surface area contributed by atoms with Crippen molar-refractivity contribution in [3.63, 3.8) is 0 Å². The summed E-state index contributed by atoms with van der Waals surface area (Å²) < 4.78 is 52.6. The van der Waals surface area contributed by atoms with Crippen molar-refractivity contribution in [2.24, 2.45) is 11.6 Å². The third-order valence-corrected chi connectivity index (χ3v) is 7.18. The van der Waals surface area contributed by atoms with Gasteiger partial charge >= 0.3 is 12.1 Å². The van der Waals surface area contributed by atoms with Crippen LogP contribution in [-0.2, 0) is 16.9 Å². The normalized spacial score (nSPS) is 13.7. The van der Waals surface area contributed by atoms with Crippen LogP contribution in [0.5, 0.6) is 5.88 Å². The van der Waals surface area contributed by atoms with E-state index in [1.54, 1.807) is 36.5 Å². The van der Waals surface area contributed by atoms with E-state index < -0.39 is 29.0 Å². The van der Waals surface area contributed by atoms with Gasteiger partial charge in [0.2, 0.25) is 11.5 Å². The summed E-state index contributed by atoms with van der Waals surface area (Å²) in [5.74, 6) is 5.90. The number of hydrogen-bond acceptors (Lipinski definition) is 9. The number of aliphatic hydroxyl groups is 1. The Morgan fingerprint density at radius 3 is 2.44 bits per heavy atom. The second kappa shape index (κ2) is 10.9. The van der Waals surface area contributed by atoms with Crippen molar-refractivity contribution in [1.29, 1.82) is 0 Å². The van der Waals surface area contributed by atoms with E-state index in [4.69, 9.17) is 21.1 Å². The number of rotatable bonds is 8. The minimum Gasteiger partial charge on any atom is -0.481 e. The lowest BCUT2D eigenvalue weighted by molar-refractivity contribution is -0.250. The van der Waals surface area contributed by atoms with Gasteiger partial charge in [0.25, 0.3) is 0 Å². The number of methoxy groups -OCH3 is 2. The Hall–Kier alpha value is -4.13. The summed E-state index contributed by atoms with van der Waals surface area (Å²) in [4.78, 5) is 17.1. The first-order chi connectivity index (χ1) is 18.5. The van der Waals surface area contributed by atoms with Gasteiger partial charge in [-0.2, -0.15) is 13.2 Å². The number of nitrogens with zero attached hydrogens (tertiary/aromatic N) is 2. The van der Waals surface area contributed by atoms with Gasteiger partial charge in [-0.25, -0.2) is 15.6 Å². The number of aromatic nitrogens is 1. The van der Waals surface area contributed by atoms with Gasteiger partial charge in [-0.15, -0.1) is 11.3 Å². The first kappa shape index (κ1) is 27.9. The molecule has 2 aromatic carbocycles. The molecule has 39 heavy (non-hydrogen) atoms. The van der Waals surface area contributed by atoms with E-state index in [-0.39, 0.29) is 6.54 Å². The van der Waals surface area contributed by atoms with Crippen LogP contribution >= 0.6 is 11.3 Å². The van der Waals surface area contributed by atoms with Gasteiger partial charge in [0.05, 0.1) is 26.5 Å². The monoisotopic (exact) mass is 558 g/mol. The molecule has 1 atom stereocenters. The van der Waals surface area contributed by atoms with Crippen molar-refractivity contribution in [2.75, 3.05) is 14.2 Å². The fourth-order valence-electron chi connectivity index (χ4n) is 4.11. The van der Waals surface area contributed by atoms with Crippen LogP contribution in [0.15, 0.2) is 78.8 Å². The van der Waals surface area contributed by atoms with Gasteiger partial charge in [0.15, 0.2) is 0 Å². The number of carbonyl (C=O) groups excluding carboxylic acids is 1. The van der Waals surface area contributed by atoms with E-state index in [2.05, 4.69) is 4.98 Å². The third-order valence-electron chi connectivity index (χ3n) is 6.05. The number of benzene rings is 2. The quantitative estimate of drug-likeness (QED) is 0.162. The largest absolute Gasteiger partial charge is 0.481 e. The second-order valence-electron chi connectivity index (χ2n) is 8.55. The van der Waals surface area contributed by atoms with Gasteiger partial charge < -0.3 is 25.3 Å². The van der Waals surface area contributed by atoms with Crippen molar-refractivity contribution in [3.05, 3.63) is 94.8 Å². The van der Waals surface area contributed by atoms with E-state index in [0.29, 0.717) is 27.4 Å². The molecule has 0 fully saturated rings. The Labute approximate surface area is 225 Å². The zero-order valence-electron chi connectivity index (χ0n) is 20.9. The molecule has 8 nitrogen and oxygen atoms in total. The predicted molar refractivity (Wildman–Crippen MR) is 141 cm³/mol. The molecule has 4 rings (SSSR count). The Morgan fingerprint density at radius 2 is 1.85 bits per heavy atom. The van der Waals surface area contributed by atoms with E-state index in [9.17, 15) is 23.1 Å². The molecule has 1 unspecified atom stereocenters. The highest BCUT2D eigenvalue weighted by atomic mass is 32.1. The summed E-state index contributed by atoms with van der Waals surface area (Å²) in [6.45, 7) is -0.0375. The summed E-state index contributed by atoms with van der Waals surface area (Å²) >= 11 is 1.20. The number of pyridine rings is 1. The molecule has 204 valence electrons. The molecule has 0 aliphatic rings. The van der Waals surface area contributed by atoms with Crippen LogP contribution < -0.4 is 16.3 Å². The van der Waals surface area contributed by atoms with Crippen LogP contribution in [0, 0.1) is 0 Å². The lowest BCUT2D eigenvalue weighted by Gasteiger charge is -2.32. The van der Waals surface area contributed by atoms with Crippen molar-refractivity contribution in [3.8, 4) is 17.0 Å². The van der Waals surface area contributed by atoms with Crippen LogP contribution in [0.25, 0.3) is 21.2 Å². The van der Waals surface area contributed by atoms with E-state index in [1.807, 2.05) is 0 Å². The highest BCUT2D eigenvalue weighted by Crippen LogP contribution is 2.43. The number of thiophene rings is 1. The van der Waals surface area contributed by atoms with E-state index in [1.165, 1.54) is 43.8 Å². The number of nitrogens with two attached hydrogens (primary N) is 2. The Kier molecular flexibility index (Phi) is 7.82. The first-order valence-electron chi connectivity index (χ1n) is 11.5. The Balaban J connectivity index is 1.68. The molecule has 5 N–H and O–H groups in total. The standard InChI is InChI=1S/C27H25F3N4O4S/c1-37-22-11-9-17(13-33-22)23-19-10-8-16(12-20(19)39-24(23)25(35)38-2)14-34(32)15-21(31)26(36,27(28,29)30)18-6-4-3-5-7-18/h3-13,15,36H,14,31-32H2,1-2H3/b21-15-. The van der Waals surface area contributed by atoms with Gasteiger partial charge in [0.1, 0.15) is 4.88 Å². The number of ether oxygens (including phenoxy) is 2. The summed E-state index contributed by atoms with van der Waals surface area (Å²) in [5, 5.41) is 12.4. The molecular formula is C27H25F3N4O4S. The molecule has 0 aliphatic carbocycles. The van der Waals surface area contributed by atoms with Crippen LogP contribution in [0.2, 0.25) is 0 Å². The summed E-state index contributed by atoms with van der Waals surface area (Å²) in [5.41, 5.74) is 2.97. The lowest BCUT2D eigenvalue weighted by Crippen LogP contribution is -2.47. The maximum absolute atomic E-state index is 13.9. The zero-order chi connectivity index (χ0) is 28.4. The fraction of sp³-hybridized carbons (Fsp3) is 0.185. The summed E-state index contributed by atoms with van der Waals surface area (Å²) in [6.07, 6.45) is -2.65. The topological polar surface area (TPSA) is 124 Å². The van der Waals surface area contributed by atoms with Crippen LogP contribution in [0.1, 0.15) is 20.8 Å². The highest BCUT2D eigenvalue weighted by Gasteiger charge is 2.57.